The molecule has 1 saturated heterocycles. The number of rotatable bonds is 4. The van der Waals surface area contributed by atoms with E-state index in [1.165, 1.54) is 0 Å². The highest BCUT2D eigenvalue weighted by Crippen LogP contribution is 2.37. The van der Waals surface area contributed by atoms with Gasteiger partial charge >= 0.3 is 0 Å². The molecule has 1 unspecified atom stereocenters. The van der Waals surface area contributed by atoms with E-state index in [9.17, 15) is 0 Å². The minimum atomic E-state index is 0.258. The van der Waals surface area contributed by atoms with Crippen molar-refractivity contribution in [1.82, 2.24) is 0 Å². The van der Waals surface area contributed by atoms with Crippen molar-refractivity contribution in [2.75, 3.05) is 33.5 Å². The molecular weight excluding hydrogens is 166 g/mol. The molecular formula is C10H21NO2. The Morgan fingerprint density at radius 1 is 1.46 bits per heavy atom. The van der Waals surface area contributed by atoms with E-state index in [0.29, 0.717) is 5.92 Å². The van der Waals surface area contributed by atoms with Crippen LogP contribution >= 0.6 is 0 Å². The molecule has 0 radical (unpaired) electrons. The van der Waals surface area contributed by atoms with Crippen molar-refractivity contribution in [3.63, 3.8) is 0 Å². The summed E-state index contributed by atoms with van der Waals surface area (Å²) in [6.07, 6.45) is 2.15. The van der Waals surface area contributed by atoms with Crippen LogP contribution in [0.4, 0.5) is 0 Å². The number of nitrogens with two attached hydrogens (primary N) is 1. The van der Waals surface area contributed by atoms with E-state index in [4.69, 9.17) is 15.2 Å². The third kappa shape index (κ3) is 2.42. The van der Waals surface area contributed by atoms with Crippen LogP contribution in [0.2, 0.25) is 0 Å². The molecule has 1 rings (SSSR count). The van der Waals surface area contributed by atoms with Crippen LogP contribution in [-0.4, -0.2) is 33.5 Å². The second-order valence-electron chi connectivity index (χ2n) is 4.04. The molecule has 1 aliphatic rings. The maximum Gasteiger partial charge on any atom is 0.0493 e. The summed E-state index contributed by atoms with van der Waals surface area (Å²) in [5.41, 5.74) is 6.12. The molecule has 0 bridgehead atoms. The van der Waals surface area contributed by atoms with Gasteiger partial charge in [-0.2, -0.15) is 0 Å². The van der Waals surface area contributed by atoms with Crippen LogP contribution in [0.25, 0.3) is 0 Å². The van der Waals surface area contributed by atoms with Gasteiger partial charge < -0.3 is 15.2 Å². The van der Waals surface area contributed by atoms with Gasteiger partial charge in [0.2, 0.25) is 0 Å². The zero-order valence-electron chi connectivity index (χ0n) is 8.71. The Morgan fingerprint density at radius 3 is 2.54 bits per heavy atom. The summed E-state index contributed by atoms with van der Waals surface area (Å²) in [4.78, 5) is 0. The molecule has 1 atom stereocenters. The van der Waals surface area contributed by atoms with Gasteiger partial charge in [-0.3, -0.25) is 0 Å². The summed E-state index contributed by atoms with van der Waals surface area (Å²) >= 11 is 0. The number of hydrogen-bond donors (Lipinski definition) is 1. The van der Waals surface area contributed by atoms with E-state index < -0.39 is 0 Å². The Bertz CT molecular complexity index is 144. The third-order valence-electron chi connectivity index (χ3n) is 3.36. The molecule has 0 aromatic rings. The van der Waals surface area contributed by atoms with Crippen LogP contribution in [0.5, 0.6) is 0 Å². The van der Waals surface area contributed by atoms with Crippen molar-refractivity contribution < 1.29 is 9.47 Å². The Balaban J connectivity index is 2.55. The lowest BCUT2D eigenvalue weighted by atomic mass is 9.71. The van der Waals surface area contributed by atoms with E-state index in [1.807, 2.05) is 0 Å². The number of hydrogen-bond acceptors (Lipinski definition) is 3. The van der Waals surface area contributed by atoms with Gasteiger partial charge in [-0.05, 0) is 30.7 Å². The molecule has 3 heteroatoms. The van der Waals surface area contributed by atoms with Crippen molar-refractivity contribution >= 4 is 0 Å². The van der Waals surface area contributed by atoms with Gasteiger partial charge in [0, 0.05) is 26.9 Å². The lowest BCUT2D eigenvalue weighted by Gasteiger charge is -2.41. The lowest BCUT2D eigenvalue weighted by Crippen LogP contribution is -2.43. The molecule has 1 aliphatic heterocycles. The Hall–Kier alpha value is -0.120. The predicted molar refractivity (Wildman–Crippen MR) is 52.6 cm³/mol. The molecule has 13 heavy (non-hydrogen) atoms. The normalized spacial score (nSPS) is 24.2. The monoisotopic (exact) mass is 187 g/mol. The number of ether oxygens (including phenoxy) is 2. The van der Waals surface area contributed by atoms with Gasteiger partial charge in [0.15, 0.2) is 0 Å². The van der Waals surface area contributed by atoms with Gasteiger partial charge in [-0.15, -0.1) is 0 Å². The van der Waals surface area contributed by atoms with Crippen molar-refractivity contribution in [3.8, 4) is 0 Å². The van der Waals surface area contributed by atoms with Gasteiger partial charge in [-0.25, -0.2) is 0 Å². The minimum absolute atomic E-state index is 0.258. The average molecular weight is 187 g/mol. The maximum atomic E-state index is 5.86. The van der Waals surface area contributed by atoms with E-state index in [1.54, 1.807) is 7.11 Å². The smallest absolute Gasteiger partial charge is 0.0493 e. The van der Waals surface area contributed by atoms with Crippen molar-refractivity contribution in [2.45, 2.75) is 19.8 Å². The van der Waals surface area contributed by atoms with Crippen molar-refractivity contribution in [1.29, 1.82) is 0 Å². The standard InChI is InChI=1S/C10H21NO2/c1-9(7-12-2)10(8-11)3-5-13-6-4-10/h9H,3-8,11H2,1-2H3. The minimum Gasteiger partial charge on any atom is -0.384 e. The molecule has 0 spiro atoms. The summed E-state index contributed by atoms with van der Waals surface area (Å²) in [7, 11) is 1.75. The Morgan fingerprint density at radius 2 is 2.08 bits per heavy atom. The van der Waals surface area contributed by atoms with Crippen LogP contribution in [0.1, 0.15) is 19.8 Å². The zero-order chi connectivity index (χ0) is 9.73. The largest absolute Gasteiger partial charge is 0.384 e. The fraction of sp³-hybridized carbons (Fsp3) is 1.00. The quantitative estimate of drug-likeness (QED) is 0.714. The third-order valence-corrected chi connectivity index (χ3v) is 3.36. The molecule has 0 aliphatic carbocycles. The van der Waals surface area contributed by atoms with Gasteiger partial charge in [-0.1, -0.05) is 6.92 Å². The number of methoxy groups -OCH3 is 1. The molecule has 0 saturated carbocycles. The molecule has 1 heterocycles. The van der Waals surface area contributed by atoms with Gasteiger partial charge in [0.1, 0.15) is 0 Å². The molecule has 0 amide bonds. The highest BCUT2D eigenvalue weighted by atomic mass is 16.5. The first kappa shape index (κ1) is 11.0. The average Bonchev–Trinajstić information content (AvgIpc) is 2.19. The highest BCUT2D eigenvalue weighted by molar-refractivity contribution is 4.87. The zero-order valence-corrected chi connectivity index (χ0v) is 8.71. The molecule has 1 fully saturated rings. The van der Waals surface area contributed by atoms with E-state index >= 15 is 0 Å². The highest BCUT2D eigenvalue weighted by Gasteiger charge is 2.36. The summed E-state index contributed by atoms with van der Waals surface area (Å²) in [5, 5.41) is 0. The van der Waals surface area contributed by atoms with Gasteiger partial charge in [0.25, 0.3) is 0 Å². The summed E-state index contributed by atoms with van der Waals surface area (Å²) < 4.78 is 10.5. The van der Waals surface area contributed by atoms with Gasteiger partial charge in [0.05, 0.1) is 0 Å². The Labute approximate surface area is 80.6 Å². The first-order valence-corrected chi connectivity index (χ1v) is 5.02. The Kier molecular flexibility index (Phi) is 4.16. The molecule has 2 N–H and O–H groups in total. The van der Waals surface area contributed by atoms with Crippen molar-refractivity contribution in [3.05, 3.63) is 0 Å². The molecule has 78 valence electrons. The second kappa shape index (κ2) is 4.94. The lowest BCUT2D eigenvalue weighted by molar-refractivity contribution is -0.0288. The molecule has 0 aromatic carbocycles. The fourth-order valence-corrected chi connectivity index (χ4v) is 2.10. The molecule has 3 nitrogen and oxygen atoms in total. The second-order valence-corrected chi connectivity index (χ2v) is 4.04. The van der Waals surface area contributed by atoms with Crippen LogP contribution in [0.3, 0.4) is 0 Å². The first-order chi connectivity index (χ1) is 6.25. The van der Waals surface area contributed by atoms with E-state index in [-0.39, 0.29) is 5.41 Å². The van der Waals surface area contributed by atoms with Crippen LogP contribution < -0.4 is 5.73 Å². The summed E-state index contributed by atoms with van der Waals surface area (Å²) in [6.45, 7) is 5.48. The fourth-order valence-electron chi connectivity index (χ4n) is 2.10. The topological polar surface area (TPSA) is 44.5 Å². The van der Waals surface area contributed by atoms with Crippen LogP contribution in [0.15, 0.2) is 0 Å². The predicted octanol–water partition coefficient (Wildman–Crippen LogP) is 1.02. The van der Waals surface area contributed by atoms with Crippen LogP contribution in [-0.2, 0) is 9.47 Å². The van der Waals surface area contributed by atoms with E-state index in [2.05, 4.69) is 6.92 Å². The van der Waals surface area contributed by atoms with Crippen LogP contribution in [0, 0.1) is 11.3 Å². The summed E-state index contributed by atoms with van der Waals surface area (Å²) in [5.74, 6) is 0.534. The maximum absolute atomic E-state index is 5.86. The first-order valence-electron chi connectivity index (χ1n) is 5.02. The van der Waals surface area contributed by atoms with E-state index in [0.717, 1.165) is 39.2 Å². The SMILES string of the molecule is COCC(C)C1(CN)CCOCC1. The summed E-state index contributed by atoms with van der Waals surface area (Å²) in [6, 6.07) is 0. The van der Waals surface area contributed by atoms with Crippen molar-refractivity contribution in [2.24, 2.45) is 17.1 Å². The molecule has 0 aromatic heterocycles.